The van der Waals surface area contributed by atoms with Crippen molar-refractivity contribution >= 4 is 11.3 Å². The number of aliphatic hydroxyl groups is 2. The van der Waals surface area contributed by atoms with Crippen molar-refractivity contribution in [2.75, 3.05) is 6.61 Å². The highest BCUT2D eigenvalue weighted by Crippen LogP contribution is 2.36. The van der Waals surface area contributed by atoms with Gasteiger partial charge in [-0.25, -0.2) is 0 Å². The highest BCUT2D eigenvalue weighted by molar-refractivity contribution is 7.13. The van der Waals surface area contributed by atoms with E-state index in [1.807, 2.05) is 29.6 Å². The Morgan fingerprint density at radius 2 is 2.22 bits per heavy atom. The third-order valence-electron chi connectivity index (χ3n) is 3.11. The van der Waals surface area contributed by atoms with E-state index in [0.717, 1.165) is 10.6 Å². The Hall–Kier alpha value is -1.14. The average molecular weight is 266 g/mol. The summed E-state index contributed by atoms with van der Waals surface area (Å²) in [5.74, 6) is 1.51. The Kier molecular flexibility index (Phi) is 3.22. The second-order valence-corrected chi connectivity index (χ2v) is 5.28. The van der Waals surface area contributed by atoms with Crippen LogP contribution < -0.4 is 0 Å². The lowest BCUT2D eigenvalue weighted by molar-refractivity contribution is -0.0275. The summed E-state index contributed by atoms with van der Waals surface area (Å²) >= 11 is 1.61. The Labute approximate surface area is 108 Å². The molecular formula is C13H14O4S. The van der Waals surface area contributed by atoms with Crippen molar-refractivity contribution in [3.05, 3.63) is 35.4 Å². The molecule has 0 unspecified atom stereocenters. The van der Waals surface area contributed by atoms with Gasteiger partial charge < -0.3 is 19.4 Å². The molecule has 4 nitrogen and oxygen atoms in total. The minimum atomic E-state index is -0.629. The van der Waals surface area contributed by atoms with Crippen molar-refractivity contribution in [2.45, 2.75) is 24.7 Å². The number of hydrogen-bond acceptors (Lipinski definition) is 5. The largest absolute Gasteiger partial charge is 0.457 e. The van der Waals surface area contributed by atoms with E-state index in [0.29, 0.717) is 12.2 Å². The number of furan rings is 1. The molecule has 0 aromatic carbocycles. The number of aliphatic hydroxyl groups excluding tert-OH is 2. The molecule has 96 valence electrons. The predicted molar refractivity (Wildman–Crippen MR) is 67.3 cm³/mol. The maximum Gasteiger partial charge on any atom is 0.144 e. The SMILES string of the molecule is OC[C@H]1O[C@@H](c2ccc(-c3cccs3)o2)C[C@@H]1O. The maximum atomic E-state index is 9.69. The number of hydrogen-bond donors (Lipinski definition) is 2. The van der Waals surface area contributed by atoms with E-state index in [1.165, 1.54) is 0 Å². The average Bonchev–Trinajstić information content (AvgIpc) is 3.08. The van der Waals surface area contributed by atoms with E-state index in [9.17, 15) is 5.11 Å². The summed E-state index contributed by atoms with van der Waals surface area (Å²) in [4.78, 5) is 1.07. The van der Waals surface area contributed by atoms with Crippen molar-refractivity contribution in [2.24, 2.45) is 0 Å². The Bertz CT molecular complexity index is 505. The highest BCUT2D eigenvalue weighted by atomic mass is 32.1. The molecule has 0 radical (unpaired) electrons. The predicted octanol–water partition coefficient (Wildman–Crippen LogP) is 2.19. The van der Waals surface area contributed by atoms with Gasteiger partial charge in [0.15, 0.2) is 0 Å². The van der Waals surface area contributed by atoms with Gasteiger partial charge in [-0.3, -0.25) is 0 Å². The summed E-state index contributed by atoms with van der Waals surface area (Å²) in [6.07, 6.45) is -0.950. The van der Waals surface area contributed by atoms with Crippen molar-refractivity contribution in [3.63, 3.8) is 0 Å². The minimum Gasteiger partial charge on any atom is -0.457 e. The van der Waals surface area contributed by atoms with Crippen LogP contribution in [0.4, 0.5) is 0 Å². The molecule has 0 aliphatic carbocycles. The van der Waals surface area contributed by atoms with Gasteiger partial charge in [0.2, 0.25) is 0 Å². The van der Waals surface area contributed by atoms with Gasteiger partial charge in [-0.2, -0.15) is 0 Å². The lowest BCUT2D eigenvalue weighted by Crippen LogP contribution is -2.24. The van der Waals surface area contributed by atoms with E-state index in [1.54, 1.807) is 11.3 Å². The Morgan fingerprint density at radius 1 is 1.33 bits per heavy atom. The molecule has 0 bridgehead atoms. The highest BCUT2D eigenvalue weighted by Gasteiger charge is 2.35. The van der Waals surface area contributed by atoms with Crippen molar-refractivity contribution in [1.29, 1.82) is 0 Å². The molecule has 1 fully saturated rings. The standard InChI is InChI=1S/C13H14O4S/c14-7-12-8(15)6-11(17-12)9-3-4-10(16-9)13-2-1-5-18-13/h1-5,8,11-12,14-15H,6-7H2/t8-,11+,12+/m0/s1. The fourth-order valence-corrected chi connectivity index (χ4v) is 2.84. The summed E-state index contributed by atoms with van der Waals surface area (Å²) in [5.41, 5.74) is 0. The molecule has 3 rings (SSSR count). The van der Waals surface area contributed by atoms with Crippen LogP contribution in [0, 0.1) is 0 Å². The lowest BCUT2D eigenvalue weighted by Gasteiger charge is -2.10. The van der Waals surface area contributed by atoms with Gasteiger partial charge in [0.1, 0.15) is 23.7 Å². The molecule has 18 heavy (non-hydrogen) atoms. The fourth-order valence-electron chi connectivity index (χ4n) is 2.15. The van der Waals surface area contributed by atoms with Crippen LogP contribution in [0.2, 0.25) is 0 Å². The van der Waals surface area contributed by atoms with Gasteiger partial charge in [-0.15, -0.1) is 11.3 Å². The van der Waals surface area contributed by atoms with Crippen LogP contribution >= 0.6 is 11.3 Å². The van der Waals surface area contributed by atoms with Crippen molar-refractivity contribution in [1.82, 2.24) is 0 Å². The topological polar surface area (TPSA) is 62.8 Å². The van der Waals surface area contributed by atoms with E-state index in [-0.39, 0.29) is 12.7 Å². The van der Waals surface area contributed by atoms with Gasteiger partial charge in [-0.05, 0) is 23.6 Å². The normalized spacial score (nSPS) is 27.8. The van der Waals surface area contributed by atoms with Gasteiger partial charge >= 0.3 is 0 Å². The van der Waals surface area contributed by atoms with Gasteiger partial charge in [0, 0.05) is 6.42 Å². The van der Waals surface area contributed by atoms with Crippen LogP contribution in [0.3, 0.4) is 0 Å². The smallest absolute Gasteiger partial charge is 0.144 e. The zero-order valence-electron chi connectivity index (χ0n) is 9.65. The summed E-state index contributed by atoms with van der Waals surface area (Å²) in [7, 11) is 0. The maximum absolute atomic E-state index is 9.69. The molecule has 0 spiro atoms. The zero-order chi connectivity index (χ0) is 12.5. The zero-order valence-corrected chi connectivity index (χ0v) is 10.5. The van der Waals surface area contributed by atoms with Gasteiger partial charge in [0.05, 0.1) is 17.6 Å². The molecular weight excluding hydrogens is 252 g/mol. The minimum absolute atomic E-state index is 0.170. The Morgan fingerprint density at radius 3 is 2.89 bits per heavy atom. The van der Waals surface area contributed by atoms with Crippen LogP contribution in [0.15, 0.2) is 34.1 Å². The molecule has 2 aromatic rings. The van der Waals surface area contributed by atoms with Crippen LogP contribution in [0.1, 0.15) is 18.3 Å². The van der Waals surface area contributed by atoms with E-state index in [2.05, 4.69) is 0 Å². The van der Waals surface area contributed by atoms with Gasteiger partial charge in [-0.1, -0.05) is 6.07 Å². The summed E-state index contributed by atoms with van der Waals surface area (Å²) in [5, 5.41) is 20.7. The first kappa shape index (κ1) is 11.9. The molecule has 0 saturated carbocycles. The van der Waals surface area contributed by atoms with Crippen LogP contribution in [0.25, 0.3) is 10.6 Å². The molecule has 1 aliphatic rings. The molecule has 2 N–H and O–H groups in total. The van der Waals surface area contributed by atoms with Crippen LogP contribution in [0.5, 0.6) is 0 Å². The Balaban J connectivity index is 1.78. The third kappa shape index (κ3) is 2.10. The molecule has 0 amide bonds. The van der Waals surface area contributed by atoms with E-state index < -0.39 is 12.2 Å². The molecule has 3 atom stereocenters. The molecule has 1 saturated heterocycles. The number of ether oxygens (including phenoxy) is 1. The second kappa shape index (κ2) is 4.85. The van der Waals surface area contributed by atoms with Crippen molar-refractivity contribution < 1.29 is 19.4 Å². The first-order valence-electron chi connectivity index (χ1n) is 5.86. The molecule has 3 heterocycles. The quantitative estimate of drug-likeness (QED) is 0.894. The fraction of sp³-hybridized carbons (Fsp3) is 0.385. The summed E-state index contributed by atoms with van der Waals surface area (Å²) in [6.45, 7) is -0.170. The van der Waals surface area contributed by atoms with E-state index in [4.69, 9.17) is 14.3 Å². The summed E-state index contributed by atoms with van der Waals surface area (Å²) < 4.78 is 11.3. The summed E-state index contributed by atoms with van der Waals surface area (Å²) in [6, 6.07) is 7.74. The van der Waals surface area contributed by atoms with Crippen molar-refractivity contribution in [3.8, 4) is 10.6 Å². The van der Waals surface area contributed by atoms with Crippen LogP contribution in [-0.4, -0.2) is 29.0 Å². The second-order valence-electron chi connectivity index (χ2n) is 4.33. The molecule has 5 heteroatoms. The first-order valence-corrected chi connectivity index (χ1v) is 6.74. The first-order chi connectivity index (χ1) is 8.78. The number of rotatable bonds is 3. The third-order valence-corrected chi connectivity index (χ3v) is 4.00. The molecule has 2 aromatic heterocycles. The van der Waals surface area contributed by atoms with Gasteiger partial charge in [0.25, 0.3) is 0 Å². The molecule has 1 aliphatic heterocycles. The van der Waals surface area contributed by atoms with E-state index >= 15 is 0 Å². The lowest BCUT2D eigenvalue weighted by atomic mass is 10.1. The van der Waals surface area contributed by atoms with Crippen LogP contribution in [-0.2, 0) is 4.74 Å². The monoisotopic (exact) mass is 266 g/mol. The number of thiophene rings is 1.